The number of nitrogen functional groups attached to an aromatic ring is 1. The number of pyridine rings is 1. The van der Waals surface area contributed by atoms with Crippen molar-refractivity contribution in [2.75, 3.05) is 24.1 Å². The predicted molar refractivity (Wildman–Crippen MR) is 77.4 cm³/mol. The molecule has 2 amide bonds. The number of piperidine rings is 1. The minimum Gasteiger partial charge on any atom is -0.383 e. The minimum atomic E-state index is -0.667. The number of hydrogen-bond acceptors (Lipinski definition) is 5. The van der Waals surface area contributed by atoms with Crippen LogP contribution in [0, 0.1) is 0 Å². The van der Waals surface area contributed by atoms with Crippen LogP contribution in [0.25, 0.3) is 10.9 Å². The van der Waals surface area contributed by atoms with Crippen LogP contribution in [0.4, 0.5) is 11.5 Å². The number of likely N-dealkylation sites (tertiary alicyclic amines) is 1. The van der Waals surface area contributed by atoms with E-state index in [1.807, 2.05) is 0 Å². The van der Waals surface area contributed by atoms with Gasteiger partial charge in [-0.1, -0.05) is 0 Å². The largest absolute Gasteiger partial charge is 0.383 e. The molecule has 0 unspecified atom stereocenters. The van der Waals surface area contributed by atoms with Gasteiger partial charge >= 0.3 is 11.8 Å². The van der Waals surface area contributed by atoms with Gasteiger partial charge in [-0.2, -0.15) is 5.10 Å². The van der Waals surface area contributed by atoms with Crippen molar-refractivity contribution < 1.29 is 9.59 Å². The van der Waals surface area contributed by atoms with Gasteiger partial charge in [0.25, 0.3) is 0 Å². The summed E-state index contributed by atoms with van der Waals surface area (Å²) in [5, 5.41) is 9.80. The molecular formula is C13H16N6O2. The lowest BCUT2D eigenvalue weighted by atomic mass is 10.1. The third kappa shape index (κ3) is 2.51. The molecule has 2 aromatic rings. The highest BCUT2D eigenvalue weighted by atomic mass is 16.2. The Morgan fingerprint density at radius 2 is 2.00 bits per heavy atom. The van der Waals surface area contributed by atoms with Crippen molar-refractivity contribution in [1.82, 2.24) is 20.1 Å². The van der Waals surface area contributed by atoms with Gasteiger partial charge in [-0.05, 0) is 19.3 Å². The van der Waals surface area contributed by atoms with Crippen molar-refractivity contribution in [3.63, 3.8) is 0 Å². The first-order chi connectivity index (χ1) is 10.2. The van der Waals surface area contributed by atoms with Crippen molar-refractivity contribution >= 4 is 34.2 Å². The lowest BCUT2D eigenvalue weighted by molar-refractivity contribution is -0.143. The fraction of sp³-hybridized carbons (Fsp3) is 0.385. The standard InChI is InChI=1S/C13H16N6O2/c14-11-8-6-16-18-10(8)9(7-15-11)17-12(20)13(21)19-4-2-1-3-5-19/h6-7H,1-5H2,(H2,14,15)(H,16,18)(H,17,20). The van der Waals surface area contributed by atoms with Crippen LogP contribution in [0.15, 0.2) is 12.4 Å². The lowest BCUT2D eigenvalue weighted by Gasteiger charge is -2.25. The number of aromatic nitrogens is 3. The number of rotatable bonds is 1. The quantitative estimate of drug-likeness (QED) is 0.660. The number of nitrogens with two attached hydrogens (primary N) is 1. The van der Waals surface area contributed by atoms with Gasteiger partial charge in [-0.25, -0.2) is 4.98 Å². The van der Waals surface area contributed by atoms with Gasteiger partial charge < -0.3 is 16.0 Å². The molecule has 1 aliphatic heterocycles. The Hall–Kier alpha value is -2.64. The number of aromatic amines is 1. The molecule has 0 spiro atoms. The van der Waals surface area contributed by atoms with Gasteiger partial charge in [0.15, 0.2) is 0 Å². The zero-order valence-corrected chi connectivity index (χ0v) is 11.4. The average molecular weight is 288 g/mol. The van der Waals surface area contributed by atoms with E-state index in [4.69, 9.17) is 5.73 Å². The van der Waals surface area contributed by atoms with Crippen LogP contribution >= 0.6 is 0 Å². The monoisotopic (exact) mass is 288 g/mol. The Bertz CT molecular complexity index is 689. The fourth-order valence-corrected chi connectivity index (χ4v) is 2.47. The Kier molecular flexibility index (Phi) is 3.43. The minimum absolute atomic E-state index is 0.319. The first-order valence-corrected chi connectivity index (χ1v) is 6.84. The zero-order chi connectivity index (χ0) is 14.8. The molecule has 0 bridgehead atoms. The molecule has 8 heteroatoms. The molecule has 3 rings (SSSR count). The molecule has 0 aliphatic carbocycles. The fourth-order valence-electron chi connectivity index (χ4n) is 2.47. The summed E-state index contributed by atoms with van der Waals surface area (Å²) in [6.45, 7) is 1.26. The molecule has 0 atom stereocenters. The number of hydrogen-bond donors (Lipinski definition) is 3. The van der Waals surface area contributed by atoms with Crippen LogP contribution in [0.2, 0.25) is 0 Å². The average Bonchev–Trinajstić information content (AvgIpc) is 3.01. The number of carbonyl (C=O) groups excluding carboxylic acids is 2. The maximum Gasteiger partial charge on any atom is 0.314 e. The summed E-state index contributed by atoms with van der Waals surface area (Å²) in [5.41, 5.74) is 6.67. The summed E-state index contributed by atoms with van der Waals surface area (Å²) in [6.07, 6.45) is 5.92. The molecule has 1 fully saturated rings. The molecule has 21 heavy (non-hydrogen) atoms. The second-order valence-electron chi connectivity index (χ2n) is 5.02. The van der Waals surface area contributed by atoms with E-state index in [0.29, 0.717) is 35.5 Å². The molecule has 0 saturated carbocycles. The van der Waals surface area contributed by atoms with Crippen LogP contribution in [-0.2, 0) is 9.59 Å². The van der Waals surface area contributed by atoms with Gasteiger partial charge in [0.1, 0.15) is 5.82 Å². The Labute approximate surface area is 120 Å². The van der Waals surface area contributed by atoms with E-state index in [9.17, 15) is 9.59 Å². The summed E-state index contributed by atoms with van der Waals surface area (Å²) in [6, 6.07) is 0. The molecule has 0 radical (unpaired) electrons. The second-order valence-corrected chi connectivity index (χ2v) is 5.02. The van der Waals surface area contributed by atoms with Gasteiger partial charge in [0.05, 0.1) is 29.0 Å². The number of nitrogens with zero attached hydrogens (tertiary/aromatic N) is 3. The highest BCUT2D eigenvalue weighted by Gasteiger charge is 2.24. The number of H-pyrrole nitrogens is 1. The van der Waals surface area contributed by atoms with Crippen molar-refractivity contribution in [3.05, 3.63) is 12.4 Å². The third-order valence-corrected chi connectivity index (χ3v) is 3.60. The molecule has 1 aliphatic rings. The topological polar surface area (TPSA) is 117 Å². The van der Waals surface area contributed by atoms with E-state index < -0.39 is 11.8 Å². The molecule has 4 N–H and O–H groups in total. The third-order valence-electron chi connectivity index (χ3n) is 3.60. The predicted octanol–water partition coefficient (Wildman–Crippen LogP) is 0.491. The molecule has 8 nitrogen and oxygen atoms in total. The molecule has 3 heterocycles. The zero-order valence-electron chi connectivity index (χ0n) is 11.4. The Morgan fingerprint density at radius 3 is 2.76 bits per heavy atom. The van der Waals surface area contributed by atoms with Gasteiger partial charge in [0.2, 0.25) is 0 Å². The number of amides is 2. The van der Waals surface area contributed by atoms with E-state index in [1.165, 1.54) is 12.4 Å². The van der Waals surface area contributed by atoms with E-state index >= 15 is 0 Å². The summed E-state index contributed by atoms with van der Waals surface area (Å²) in [7, 11) is 0. The molecule has 2 aromatic heterocycles. The van der Waals surface area contributed by atoms with E-state index in [-0.39, 0.29) is 0 Å². The first-order valence-electron chi connectivity index (χ1n) is 6.84. The van der Waals surface area contributed by atoms with E-state index in [2.05, 4.69) is 20.5 Å². The number of carbonyl (C=O) groups is 2. The lowest BCUT2D eigenvalue weighted by Crippen LogP contribution is -2.42. The van der Waals surface area contributed by atoms with Crippen LogP contribution in [0.3, 0.4) is 0 Å². The normalized spacial score (nSPS) is 15.1. The van der Waals surface area contributed by atoms with Crippen molar-refractivity contribution in [1.29, 1.82) is 0 Å². The summed E-state index contributed by atoms with van der Waals surface area (Å²) < 4.78 is 0. The van der Waals surface area contributed by atoms with Crippen LogP contribution in [0.5, 0.6) is 0 Å². The molecular weight excluding hydrogens is 272 g/mol. The highest BCUT2D eigenvalue weighted by molar-refractivity contribution is 6.40. The number of anilines is 2. The van der Waals surface area contributed by atoms with Gasteiger partial charge in [-0.3, -0.25) is 14.7 Å². The number of fused-ring (bicyclic) bond motifs is 1. The van der Waals surface area contributed by atoms with Gasteiger partial charge in [-0.15, -0.1) is 0 Å². The SMILES string of the molecule is Nc1ncc(NC(=O)C(=O)N2CCCCC2)c2[nH]ncc12. The first kappa shape index (κ1) is 13.3. The summed E-state index contributed by atoms with van der Waals surface area (Å²) >= 11 is 0. The van der Waals surface area contributed by atoms with Crippen molar-refractivity contribution in [3.8, 4) is 0 Å². The highest BCUT2D eigenvalue weighted by Crippen LogP contribution is 2.23. The van der Waals surface area contributed by atoms with Crippen LogP contribution < -0.4 is 11.1 Å². The van der Waals surface area contributed by atoms with E-state index in [0.717, 1.165) is 19.3 Å². The Morgan fingerprint density at radius 1 is 1.24 bits per heavy atom. The second kappa shape index (κ2) is 5.39. The molecule has 1 saturated heterocycles. The van der Waals surface area contributed by atoms with Gasteiger partial charge in [0, 0.05) is 13.1 Å². The number of nitrogens with one attached hydrogen (secondary N) is 2. The summed E-state index contributed by atoms with van der Waals surface area (Å²) in [5.74, 6) is -0.863. The summed E-state index contributed by atoms with van der Waals surface area (Å²) in [4.78, 5) is 29.7. The van der Waals surface area contributed by atoms with Crippen LogP contribution in [-0.4, -0.2) is 45.0 Å². The molecule has 110 valence electrons. The Balaban J connectivity index is 1.78. The van der Waals surface area contributed by atoms with Crippen LogP contribution in [0.1, 0.15) is 19.3 Å². The van der Waals surface area contributed by atoms with Crippen molar-refractivity contribution in [2.45, 2.75) is 19.3 Å². The molecule has 0 aromatic carbocycles. The maximum atomic E-state index is 12.1. The van der Waals surface area contributed by atoms with E-state index in [1.54, 1.807) is 4.90 Å². The van der Waals surface area contributed by atoms with Crippen molar-refractivity contribution in [2.24, 2.45) is 0 Å². The maximum absolute atomic E-state index is 12.1. The smallest absolute Gasteiger partial charge is 0.314 e.